The van der Waals surface area contributed by atoms with Crippen molar-refractivity contribution >= 4 is 5.69 Å². The van der Waals surface area contributed by atoms with Crippen LogP contribution in [0.5, 0.6) is 5.75 Å². The van der Waals surface area contributed by atoms with Crippen LogP contribution in [0, 0.1) is 6.92 Å². The molecule has 0 saturated carbocycles. The Kier molecular flexibility index (Phi) is 4.33. The zero-order chi connectivity index (χ0) is 17.1. The number of hydrogen-bond donors (Lipinski definition) is 3. The van der Waals surface area contributed by atoms with Gasteiger partial charge in [-0.2, -0.15) is 0 Å². The molecule has 0 bridgehead atoms. The van der Waals surface area contributed by atoms with Gasteiger partial charge in [0, 0.05) is 17.6 Å². The van der Waals surface area contributed by atoms with E-state index in [0.717, 1.165) is 28.9 Å². The van der Waals surface area contributed by atoms with Crippen molar-refractivity contribution in [3.05, 3.63) is 75.8 Å². The maximum atomic E-state index is 12.0. The number of aromatic nitrogens is 2. The highest BCUT2D eigenvalue weighted by Gasteiger charge is 2.14. The van der Waals surface area contributed by atoms with Crippen molar-refractivity contribution < 1.29 is 5.11 Å². The molecule has 3 aromatic rings. The van der Waals surface area contributed by atoms with Crippen LogP contribution in [0.2, 0.25) is 0 Å². The monoisotopic (exact) mass is 321 g/mol. The third-order valence-electron chi connectivity index (χ3n) is 3.94. The molecule has 0 fully saturated rings. The van der Waals surface area contributed by atoms with Gasteiger partial charge in [0.15, 0.2) is 0 Å². The molecule has 1 aromatic carbocycles. The number of nitrogens with zero attached hydrogens (tertiary/aromatic N) is 1. The molecule has 5 heteroatoms. The van der Waals surface area contributed by atoms with Crippen molar-refractivity contribution in [2.75, 3.05) is 5.73 Å². The van der Waals surface area contributed by atoms with Gasteiger partial charge in [0.05, 0.1) is 5.56 Å². The number of anilines is 1. The fraction of sp³-hybridized carbons (Fsp3) is 0.158. The van der Waals surface area contributed by atoms with Crippen LogP contribution in [0.1, 0.15) is 16.8 Å². The van der Waals surface area contributed by atoms with Gasteiger partial charge in [0.25, 0.3) is 5.56 Å². The van der Waals surface area contributed by atoms with Crippen molar-refractivity contribution in [3.63, 3.8) is 0 Å². The zero-order valence-electron chi connectivity index (χ0n) is 13.4. The lowest BCUT2D eigenvalue weighted by molar-refractivity contribution is 0.467. The van der Waals surface area contributed by atoms with Gasteiger partial charge in [0.2, 0.25) is 0 Å². The largest absolute Gasteiger partial charge is 0.505 e. The number of H-pyrrole nitrogens is 1. The molecule has 2 heterocycles. The van der Waals surface area contributed by atoms with E-state index in [0.29, 0.717) is 17.7 Å². The van der Waals surface area contributed by atoms with Crippen LogP contribution >= 0.6 is 0 Å². The molecule has 0 spiro atoms. The Morgan fingerprint density at radius 1 is 1.17 bits per heavy atom. The topological polar surface area (TPSA) is 92.0 Å². The van der Waals surface area contributed by atoms with Gasteiger partial charge in [-0.1, -0.05) is 12.1 Å². The van der Waals surface area contributed by atoms with E-state index < -0.39 is 0 Å². The Morgan fingerprint density at radius 3 is 2.62 bits per heavy atom. The number of nitrogen functional groups attached to an aromatic ring is 1. The molecule has 0 aliphatic heterocycles. The van der Waals surface area contributed by atoms with Crippen LogP contribution in [0.25, 0.3) is 11.3 Å². The highest BCUT2D eigenvalue weighted by Crippen LogP contribution is 2.30. The first-order chi connectivity index (χ1) is 11.5. The zero-order valence-corrected chi connectivity index (χ0v) is 13.4. The number of aryl methyl sites for hydroxylation is 3. The summed E-state index contributed by atoms with van der Waals surface area (Å²) in [6, 6.07) is 12.9. The Labute approximate surface area is 139 Å². The van der Waals surface area contributed by atoms with E-state index in [9.17, 15) is 9.90 Å². The second-order valence-corrected chi connectivity index (χ2v) is 5.77. The predicted molar refractivity (Wildman–Crippen MR) is 95.0 cm³/mol. The molecule has 0 unspecified atom stereocenters. The molecule has 3 rings (SSSR count). The molecule has 122 valence electrons. The first-order valence-corrected chi connectivity index (χ1v) is 7.76. The second-order valence-electron chi connectivity index (χ2n) is 5.77. The van der Waals surface area contributed by atoms with Crippen molar-refractivity contribution in [2.45, 2.75) is 19.8 Å². The Bertz CT molecular complexity index is 915. The molecule has 0 aliphatic rings. The van der Waals surface area contributed by atoms with Crippen molar-refractivity contribution in [1.82, 2.24) is 9.97 Å². The predicted octanol–water partition coefficient (Wildman–Crippen LogP) is 2.82. The van der Waals surface area contributed by atoms with E-state index in [1.807, 2.05) is 37.3 Å². The van der Waals surface area contributed by atoms with Crippen molar-refractivity contribution in [3.8, 4) is 17.0 Å². The van der Waals surface area contributed by atoms with Gasteiger partial charge in [-0.05, 0) is 61.2 Å². The van der Waals surface area contributed by atoms with E-state index in [1.54, 1.807) is 18.3 Å². The molecule has 0 saturated heterocycles. The minimum Gasteiger partial charge on any atom is -0.505 e. The molecular formula is C19H19N3O2. The molecule has 4 N–H and O–H groups in total. The molecule has 5 nitrogen and oxygen atoms in total. The molecule has 0 radical (unpaired) electrons. The summed E-state index contributed by atoms with van der Waals surface area (Å²) in [5, 5.41) is 10.6. The van der Waals surface area contributed by atoms with Crippen LogP contribution in [0.4, 0.5) is 5.69 Å². The third-order valence-corrected chi connectivity index (χ3v) is 3.94. The summed E-state index contributed by atoms with van der Waals surface area (Å²) in [5.74, 6) is 0.0627. The molecule has 2 aromatic heterocycles. The summed E-state index contributed by atoms with van der Waals surface area (Å²) in [5.41, 5.74) is 9.52. The lowest BCUT2D eigenvalue weighted by Crippen LogP contribution is -2.09. The number of nitrogens with one attached hydrogen (secondary N) is 1. The van der Waals surface area contributed by atoms with E-state index in [1.165, 1.54) is 0 Å². The van der Waals surface area contributed by atoms with Gasteiger partial charge in [-0.3, -0.25) is 4.79 Å². The highest BCUT2D eigenvalue weighted by atomic mass is 16.3. The first-order valence-electron chi connectivity index (χ1n) is 7.76. The van der Waals surface area contributed by atoms with Crippen LogP contribution in [-0.4, -0.2) is 15.1 Å². The Morgan fingerprint density at radius 2 is 1.92 bits per heavy atom. The number of aromatic hydroxyl groups is 1. The number of aromatic amines is 1. The van der Waals surface area contributed by atoms with E-state index in [2.05, 4.69) is 9.97 Å². The summed E-state index contributed by atoms with van der Waals surface area (Å²) in [7, 11) is 0. The molecule has 0 atom stereocenters. The summed E-state index contributed by atoms with van der Waals surface area (Å²) in [6.45, 7) is 1.85. The van der Waals surface area contributed by atoms with Gasteiger partial charge in [-0.25, -0.2) is 4.98 Å². The summed E-state index contributed by atoms with van der Waals surface area (Å²) in [4.78, 5) is 18.9. The minimum absolute atomic E-state index is 0.0627. The van der Waals surface area contributed by atoms with Crippen molar-refractivity contribution in [2.24, 2.45) is 0 Å². The number of nitrogens with two attached hydrogens (primary N) is 1. The van der Waals surface area contributed by atoms with Crippen LogP contribution < -0.4 is 11.3 Å². The smallest absolute Gasteiger partial charge is 0.257 e. The Hall–Kier alpha value is -3.08. The second kappa shape index (κ2) is 6.58. The quantitative estimate of drug-likeness (QED) is 0.644. The fourth-order valence-corrected chi connectivity index (χ4v) is 2.68. The van der Waals surface area contributed by atoms with E-state index >= 15 is 0 Å². The minimum atomic E-state index is -0.268. The van der Waals surface area contributed by atoms with Crippen LogP contribution in [-0.2, 0) is 12.8 Å². The molecule has 0 aliphatic carbocycles. The molecule has 24 heavy (non-hydrogen) atoms. The SMILES string of the molecule is Cc1cc(CCc2ccc(N)cc2)c(O)c(-c2ccc[nH]c2=O)n1. The average Bonchev–Trinajstić information content (AvgIpc) is 2.57. The fourth-order valence-electron chi connectivity index (χ4n) is 2.68. The standard InChI is InChI=1S/C19H19N3O2/c1-12-11-14(7-4-13-5-8-15(20)9-6-13)18(23)17(22-12)16-3-2-10-21-19(16)24/h2-3,5-6,8-11,23H,4,7,20H2,1H3,(H,21,24). The van der Waals surface area contributed by atoms with Gasteiger partial charge < -0.3 is 15.8 Å². The van der Waals surface area contributed by atoms with Gasteiger partial charge in [-0.15, -0.1) is 0 Å². The van der Waals surface area contributed by atoms with Crippen molar-refractivity contribution in [1.29, 1.82) is 0 Å². The molecule has 0 amide bonds. The number of hydrogen-bond acceptors (Lipinski definition) is 4. The Balaban J connectivity index is 1.93. The maximum Gasteiger partial charge on any atom is 0.257 e. The van der Waals surface area contributed by atoms with Gasteiger partial charge in [0.1, 0.15) is 11.4 Å². The maximum absolute atomic E-state index is 12.0. The summed E-state index contributed by atoms with van der Waals surface area (Å²) < 4.78 is 0. The van der Waals surface area contributed by atoms with E-state index in [4.69, 9.17) is 5.73 Å². The summed E-state index contributed by atoms with van der Waals surface area (Å²) >= 11 is 0. The van der Waals surface area contributed by atoms with Crippen LogP contribution in [0.15, 0.2) is 53.5 Å². The normalized spacial score (nSPS) is 10.7. The first kappa shape index (κ1) is 15.8. The number of rotatable bonds is 4. The van der Waals surface area contributed by atoms with E-state index in [-0.39, 0.29) is 11.3 Å². The number of pyridine rings is 2. The van der Waals surface area contributed by atoms with Crippen LogP contribution in [0.3, 0.4) is 0 Å². The summed E-state index contributed by atoms with van der Waals surface area (Å²) in [6.07, 6.45) is 2.97. The lowest BCUT2D eigenvalue weighted by atomic mass is 10.0. The molecular weight excluding hydrogens is 302 g/mol. The van der Waals surface area contributed by atoms with Gasteiger partial charge >= 0.3 is 0 Å². The average molecular weight is 321 g/mol. The highest BCUT2D eigenvalue weighted by molar-refractivity contribution is 5.67. The lowest BCUT2D eigenvalue weighted by Gasteiger charge is -2.11. The number of benzene rings is 1. The third kappa shape index (κ3) is 3.30.